The number of carboxylic acid groups (broad SMARTS) is 1. The summed E-state index contributed by atoms with van der Waals surface area (Å²) in [6.45, 7) is 0. The Balaban J connectivity index is 2.56. The molecule has 0 saturated carbocycles. The van der Waals surface area contributed by atoms with E-state index in [1.807, 2.05) is 6.07 Å². The molecule has 0 saturated heterocycles. The fourth-order valence-electron chi connectivity index (χ4n) is 2.01. The van der Waals surface area contributed by atoms with Gasteiger partial charge < -0.3 is 14.6 Å². The molecule has 0 heterocycles. The third-order valence-electron chi connectivity index (χ3n) is 3.08. The Hall–Kier alpha value is -2.27. The van der Waals surface area contributed by atoms with E-state index in [2.05, 4.69) is 15.9 Å². The van der Waals surface area contributed by atoms with Gasteiger partial charge in [0.05, 0.1) is 19.8 Å². The lowest BCUT2D eigenvalue weighted by atomic mass is 10.0. The molecule has 2 aromatic carbocycles. The summed E-state index contributed by atoms with van der Waals surface area (Å²) in [5, 5.41) is 9.51. The fraction of sp³-hybridized carbons (Fsp3) is 0.118. The van der Waals surface area contributed by atoms with E-state index in [9.17, 15) is 9.90 Å². The number of rotatable bonds is 5. The van der Waals surface area contributed by atoms with Crippen molar-refractivity contribution < 1.29 is 19.4 Å². The van der Waals surface area contributed by atoms with Crippen LogP contribution in [-0.4, -0.2) is 25.3 Å². The Morgan fingerprint density at radius 3 is 2.18 bits per heavy atom. The third-order valence-corrected chi connectivity index (χ3v) is 3.77. The highest BCUT2D eigenvalue weighted by Gasteiger charge is 2.14. The average molecular weight is 363 g/mol. The van der Waals surface area contributed by atoms with Crippen molar-refractivity contribution in [1.29, 1.82) is 0 Å². The van der Waals surface area contributed by atoms with E-state index < -0.39 is 5.97 Å². The summed E-state index contributed by atoms with van der Waals surface area (Å²) in [5.74, 6) is 0.193. The van der Waals surface area contributed by atoms with Gasteiger partial charge in [-0.25, -0.2) is 4.79 Å². The van der Waals surface area contributed by atoms with Crippen LogP contribution in [0.2, 0.25) is 0 Å². The summed E-state index contributed by atoms with van der Waals surface area (Å²) < 4.78 is 11.1. The van der Waals surface area contributed by atoms with Crippen LogP contribution in [0, 0.1) is 0 Å². The molecule has 0 fully saturated rings. The predicted molar refractivity (Wildman–Crippen MR) is 89.2 cm³/mol. The van der Waals surface area contributed by atoms with Gasteiger partial charge in [-0.3, -0.25) is 0 Å². The van der Waals surface area contributed by atoms with Crippen molar-refractivity contribution in [3.63, 3.8) is 0 Å². The number of hydrogen-bond acceptors (Lipinski definition) is 3. The SMILES string of the molecule is COc1cc(/C=C(/C(=O)O)c2ccccc2Br)cc(OC)c1. The zero-order valence-corrected chi connectivity index (χ0v) is 13.8. The van der Waals surface area contributed by atoms with Crippen LogP contribution in [0.1, 0.15) is 11.1 Å². The second-order valence-electron chi connectivity index (χ2n) is 4.49. The highest BCUT2D eigenvalue weighted by Crippen LogP contribution is 2.29. The van der Waals surface area contributed by atoms with Gasteiger partial charge in [0.25, 0.3) is 0 Å². The van der Waals surface area contributed by atoms with Crippen LogP contribution in [0.25, 0.3) is 11.6 Å². The largest absolute Gasteiger partial charge is 0.497 e. The Labute approximate surface area is 137 Å². The normalized spacial score (nSPS) is 11.1. The molecule has 0 unspecified atom stereocenters. The molecule has 0 aliphatic rings. The summed E-state index contributed by atoms with van der Waals surface area (Å²) in [7, 11) is 3.10. The van der Waals surface area contributed by atoms with Gasteiger partial charge in [0.2, 0.25) is 0 Å². The maximum atomic E-state index is 11.6. The van der Waals surface area contributed by atoms with E-state index in [4.69, 9.17) is 9.47 Å². The fourth-order valence-corrected chi connectivity index (χ4v) is 2.51. The minimum atomic E-state index is -1.01. The van der Waals surface area contributed by atoms with Gasteiger partial charge in [-0.2, -0.15) is 0 Å². The average Bonchev–Trinajstić information content (AvgIpc) is 2.52. The molecule has 0 aliphatic carbocycles. The van der Waals surface area contributed by atoms with Gasteiger partial charge in [-0.15, -0.1) is 0 Å². The lowest BCUT2D eigenvalue weighted by Gasteiger charge is -2.08. The molecule has 2 aromatic rings. The quantitative estimate of drug-likeness (QED) is 0.642. The maximum Gasteiger partial charge on any atom is 0.336 e. The summed E-state index contributed by atoms with van der Waals surface area (Å²) in [5.41, 5.74) is 1.48. The van der Waals surface area contributed by atoms with Crippen LogP contribution >= 0.6 is 15.9 Å². The van der Waals surface area contributed by atoms with Crippen molar-refractivity contribution in [3.05, 3.63) is 58.1 Å². The minimum absolute atomic E-state index is 0.183. The Kier molecular flexibility index (Phi) is 5.22. The number of aliphatic carboxylic acids is 1. The molecule has 0 aliphatic heterocycles. The second kappa shape index (κ2) is 7.13. The number of ether oxygens (including phenoxy) is 2. The number of carboxylic acids is 1. The Morgan fingerprint density at radius 2 is 1.68 bits per heavy atom. The van der Waals surface area contributed by atoms with Crippen LogP contribution in [-0.2, 0) is 4.79 Å². The lowest BCUT2D eigenvalue weighted by Crippen LogP contribution is -2.00. The maximum absolute atomic E-state index is 11.6. The molecule has 0 amide bonds. The highest BCUT2D eigenvalue weighted by atomic mass is 79.9. The van der Waals surface area contributed by atoms with Gasteiger partial charge >= 0.3 is 5.97 Å². The molecule has 0 bridgehead atoms. The molecular formula is C17H15BrO4. The zero-order valence-electron chi connectivity index (χ0n) is 12.2. The van der Waals surface area contributed by atoms with E-state index in [1.54, 1.807) is 56.7 Å². The molecule has 0 atom stereocenters. The standard InChI is InChI=1S/C17H15BrO4/c1-21-12-7-11(8-13(10-12)22-2)9-15(17(19)20)14-5-3-4-6-16(14)18/h3-10H,1-2H3,(H,19,20)/b15-9+. The monoisotopic (exact) mass is 362 g/mol. The van der Waals surface area contributed by atoms with E-state index in [0.29, 0.717) is 22.6 Å². The highest BCUT2D eigenvalue weighted by molar-refractivity contribution is 9.10. The first kappa shape index (κ1) is 16.1. The summed E-state index contributed by atoms with van der Waals surface area (Å²) in [6, 6.07) is 12.4. The van der Waals surface area contributed by atoms with Crippen molar-refractivity contribution in [1.82, 2.24) is 0 Å². The van der Waals surface area contributed by atoms with E-state index in [0.717, 1.165) is 4.47 Å². The van der Waals surface area contributed by atoms with Gasteiger partial charge in [0, 0.05) is 16.1 Å². The van der Waals surface area contributed by atoms with Gasteiger partial charge in [0.1, 0.15) is 11.5 Å². The Bertz CT molecular complexity index is 700. The van der Waals surface area contributed by atoms with Crippen LogP contribution in [0.5, 0.6) is 11.5 Å². The van der Waals surface area contributed by atoms with E-state index >= 15 is 0 Å². The molecule has 2 rings (SSSR count). The molecule has 0 spiro atoms. The van der Waals surface area contributed by atoms with Gasteiger partial charge in [0.15, 0.2) is 0 Å². The molecule has 22 heavy (non-hydrogen) atoms. The number of benzene rings is 2. The van der Waals surface area contributed by atoms with Crippen molar-refractivity contribution in [2.75, 3.05) is 14.2 Å². The van der Waals surface area contributed by atoms with Crippen molar-refractivity contribution in [2.24, 2.45) is 0 Å². The number of hydrogen-bond donors (Lipinski definition) is 1. The number of halogens is 1. The summed E-state index contributed by atoms with van der Waals surface area (Å²) >= 11 is 3.38. The molecule has 0 aromatic heterocycles. The Morgan fingerprint density at radius 1 is 1.09 bits per heavy atom. The lowest BCUT2D eigenvalue weighted by molar-refractivity contribution is -0.130. The van der Waals surface area contributed by atoms with E-state index in [-0.39, 0.29) is 5.57 Å². The first-order chi connectivity index (χ1) is 10.5. The summed E-state index contributed by atoms with van der Waals surface area (Å²) in [4.78, 5) is 11.6. The van der Waals surface area contributed by atoms with Crippen LogP contribution in [0.15, 0.2) is 46.9 Å². The van der Waals surface area contributed by atoms with Crippen LogP contribution in [0.4, 0.5) is 0 Å². The molecule has 0 radical (unpaired) electrons. The first-order valence-corrected chi connectivity index (χ1v) is 7.27. The van der Waals surface area contributed by atoms with Crippen LogP contribution < -0.4 is 9.47 Å². The molecule has 1 N–H and O–H groups in total. The zero-order chi connectivity index (χ0) is 16.1. The molecule has 114 valence electrons. The number of methoxy groups -OCH3 is 2. The van der Waals surface area contributed by atoms with Crippen LogP contribution in [0.3, 0.4) is 0 Å². The third kappa shape index (κ3) is 3.68. The van der Waals surface area contributed by atoms with Crippen molar-refractivity contribution in [3.8, 4) is 11.5 Å². The van der Waals surface area contributed by atoms with Crippen molar-refractivity contribution in [2.45, 2.75) is 0 Å². The second-order valence-corrected chi connectivity index (χ2v) is 5.34. The van der Waals surface area contributed by atoms with Crippen molar-refractivity contribution >= 4 is 33.5 Å². The van der Waals surface area contributed by atoms with Gasteiger partial charge in [-0.1, -0.05) is 34.1 Å². The molecule has 4 nitrogen and oxygen atoms in total. The topological polar surface area (TPSA) is 55.8 Å². The molecule has 5 heteroatoms. The smallest absolute Gasteiger partial charge is 0.336 e. The first-order valence-electron chi connectivity index (χ1n) is 6.48. The minimum Gasteiger partial charge on any atom is -0.497 e. The van der Waals surface area contributed by atoms with Gasteiger partial charge in [-0.05, 0) is 29.8 Å². The molecular weight excluding hydrogens is 348 g/mol. The predicted octanol–water partition coefficient (Wildman–Crippen LogP) is 4.09. The summed E-state index contributed by atoms with van der Waals surface area (Å²) in [6.07, 6.45) is 1.59. The van der Waals surface area contributed by atoms with E-state index in [1.165, 1.54) is 0 Å². The number of carbonyl (C=O) groups is 1.